The third kappa shape index (κ3) is 6.75. The predicted molar refractivity (Wildman–Crippen MR) is 78.7 cm³/mol. The first kappa shape index (κ1) is 14.6. The molecule has 1 aromatic carbocycles. The average molecular weight is 251 g/mol. The van der Waals surface area contributed by atoms with Crippen LogP contribution >= 0.6 is 11.8 Å². The second-order valence-electron chi connectivity index (χ2n) is 5.61. The molecule has 1 N–H and O–H groups in total. The van der Waals surface area contributed by atoms with E-state index >= 15 is 0 Å². The van der Waals surface area contributed by atoms with Crippen LogP contribution in [0.5, 0.6) is 0 Å². The van der Waals surface area contributed by atoms with Gasteiger partial charge < -0.3 is 5.32 Å². The van der Waals surface area contributed by atoms with Gasteiger partial charge in [0.1, 0.15) is 0 Å². The highest BCUT2D eigenvalue weighted by Gasteiger charge is 2.17. The van der Waals surface area contributed by atoms with Gasteiger partial charge in [-0.15, -0.1) is 11.8 Å². The number of hydrogen-bond acceptors (Lipinski definition) is 2. The minimum atomic E-state index is 0.381. The molecule has 0 fully saturated rings. The van der Waals surface area contributed by atoms with Gasteiger partial charge in [0.05, 0.1) is 0 Å². The number of rotatable bonds is 7. The maximum absolute atomic E-state index is 3.53. The summed E-state index contributed by atoms with van der Waals surface area (Å²) in [6.45, 7) is 10.2. The quantitative estimate of drug-likeness (QED) is 0.729. The van der Waals surface area contributed by atoms with Crippen molar-refractivity contribution < 1.29 is 0 Å². The third-order valence-corrected chi connectivity index (χ3v) is 3.79. The molecule has 0 aliphatic heterocycles. The van der Waals surface area contributed by atoms with E-state index in [0.717, 1.165) is 6.54 Å². The van der Waals surface area contributed by atoms with E-state index < -0.39 is 0 Å². The number of thioether (sulfide) groups is 1. The topological polar surface area (TPSA) is 12.0 Å². The lowest BCUT2D eigenvalue weighted by Gasteiger charge is -2.26. The summed E-state index contributed by atoms with van der Waals surface area (Å²) in [5, 5.41) is 3.53. The lowest BCUT2D eigenvalue weighted by molar-refractivity contribution is 0.319. The summed E-state index contributed by atoms with van der Waals surface area (Å²) in [6.07, 6.45) is 1.24. The normalized spacial score (nSPS) is 12.1. The molecule has 17 heavy (non-hydrogen) atoms. The van der Waals surface area contributed by atoms with Gasteiger partial charge in [-0.3, -0.25) is 0 Å². The maximum Gasteiger partial charge on any atom is 0.00719 e. The summed E-state index contributed by atoms with van der Waals surface area (Å²) in [4.78, 5) is 1.38. The van der Waals surface area contributed by atoms with Crippen LogP contribution in [-0.2, 0) is 0 Å². The van der Waals surface area contributed by atoms with Crippen LogP contribution in [0.25, 0.3) is 0 Å². The van der Waals surface area contributed by atoms with Gasteiger partial charge in [-0.25, -0.2) is 0 Å². The molecular formula is C15H25NS. The molecule has 0 bridgehead atoms. The van der Waals surface area contributed by atoms with E-state index in [2.05, 4.69) is 63.3 Å². The van der Waals surface area contributed by atoms with Crippen molar-refractivity contribution in [3.8, 4) is 0 Å². The zero-order valence-electron chi connectivity index (χ0n) is 11.5. The maximum atomic E-state index is 3.53. The van der Waals surface area contributed by atoms with Crippen LogP contribution in [0.2, 0.25) is 0 Å². The second kappa shape index (κ2) is 7.07. The molecule has 0 heterocycles. The molecule has 2 heteroatoms. The molecule has 0 spiro atoms. The number of benzene rings is 1. The zero-order chi connectivity index (χ0) is 12.7. The van der Waals surface area contributed by atoms with Gasteiger partial charge in [0, 0.05) is 17.5 Å². The Morgan fingerprint density at radius 1 is 1.18 bits per heavy atom. The van der Waals surface area contributed by atoms with Gasteiger partial charge in [-0.2, -0.15) is 0 Å². The first-order valence-corrected chi connectivity index (χ1v) is 7.39. The molecule has 0 atom stereocenters. The van der Waals surface area contributed by atoms with Crippen molar-refractivity contribution in [3.05, 3.63) is 30.3 Å². The first-order chi connectivity index (χ1) is 7.99. The lowest BCUT2D eigenvalue weighted by Crippen LogP contribution is -2.34. The van der Waals surface area contributed by atoms with E-state index in [0.29, 0.717) is 11.5 Å². The molecule has 0 aliphatic carbocycles. The van der Waals surface area contributed by atoms with E-state index in [1.165, 1.54) is 17.1 Å². The summed E-state index contributed by atoms with van der Waals surface area (Å²) in [5.74, 6) is 1.19. The van der Waals surface area contributed by atoms with Crippen LogP contribution in [0, 0.1) is 5.41 Å². The first-order valence-electron chi connectivity index (χ1n) is 6.41. The standard InChI is InChI=1S/C15H25NS/c1-13(2)16-12-15(3,4)10-11-17-14-8-6-5-7-9-14/h5-9,13,16H,10-12H2,1-4H3. The number of hydrogen-bond donors (Lipinski definition) is 1. The summed E-state index contributed by atoms with van der Waals surface area (Å²) in [6, 6.07) is 11.2. The van der Waals surface area contributed by atoms with Crippen molar-refractivity contribution in [3.63, 3.8) is 0 Å². The Morgan fingerprint density at radius 3 is 2.41 bits per heavy atom. The Balaban J connectivity index is 2.25. The minimum Gasteiger partial charge on any atom is -0.314 e. The van der Waals surface area contributed by atoms with Crippen LogP contribution in [0.4, 0.5) is 0 Å². The van der Waals surface area contributed by atoms with Crippen molar-refractivity contribution in [2.45, 2.75) is 45.1 Å². The smallest absolute Gasteiger partial charge is 0.00719 e. The van der Waals surface area contributed by atoms with Crippen molar-refractivity contribution in [1.82, 2.24) is 5.32 Å². The Hall–Kier alpha value is -0.470. The number of nitrogens with one attached hydrogen (secondary N) is 1. The van der Waals surface area contributed by atoms with E-state index in [9.17, 15) is 0 Å². The summed E-state index contributed by atoms with van der Waals surface area (Å²) < 4.78 is 0. The van der Waals surface area contributed by atoms with Crippen LogP contribution in [0.15, 0.2) is 35.2 Å². The summed E-state index contributed by atoms with van der Waals surface area (Å²) in [7, 11) is 0. The zero-order valence-corrected chi connectivity index (χ0v) is 12.3. The molecule has 0 aromatic heterocycles. The fourth-order valence-corrected chi connectivity index (χ4v) is 2.77. The van der Waals surface area contributed by atoms with Crippen LogP contribution in [-0.4, -0.2) is 18.3 Å². The minimum absolute atomic E-state index is 0.381. The Bertz CT molecular complexity index is 306. The Kier molecular flexibility index (Phi) is 6.07. The predicted octanol–water partition coefficient (Wildman–Crippen LogP) is 4.19. The molecule has 1 rings (SSSR count). The summed E-state index contributed by atoms with van der Waals surface area (Å²) >= 11 is 1.95. The van der Waals surface area contributed by atoms with E-state index in [1.807, 2.05) is 11.8 Å². The van der Waals surface area contributed by atoms with Gasteiger partial charge >= 0.3 is 0 Å². The molecule has 0 radical (unpaired) electrons. The highest BCUT2D eigenvalue weighted by Crippen LogP contribution is 2.25. The van der Waals surface area contributed by atoms with Gasteiger partial charge in [0.2, 0.25) is 0 Å². The molecule has 0 saturated carbocycles. The van der Waals surface area contributed by atoms with E-state index in [1.54, 1.807) is 0 Å². The molecular weight excluding hydrogens is 226 g/mol. The van der Waals surface area contributed by atoms with Crippen molar-refractivity contribution in [2.75, 3.05) is 12.3 Å². The Morgan fingerprint density at radius 2 is 1.82 bits per heavy atom. The molecule has 0 amide bonds. The molecule has 1 nitrogen and oxygen atoms in total. The fourth-order valence-electron chi connectivity index (χ4n) is 1.53. The van der Waals surface area contributed by atoms with Gasteiger partial charge in [-0.1, -0.05) is 45.9 Å². The van der Waals surface area contributed by atoms with Crippen LogP contribution in [0.1, 0.15) is 34.1 Å². The van der Waals surface area contributed by atoms with Gasteiger partial charge in [0.15, 0.2) is 0 Å². The fraction of sp³-hybridized carbons (Fsp3) is 0.600. The second-order valence-corrected chi connectivity index (χ2v) is 6.78. The average Bonchev–Trinajstić information content (AvgIpc) is 2.28. The Labute approximate surface area is 110 Å². The molecule has 1 aromatic rings. The van der Waals surface area contributed by atoms with Crippen molar-refractivity contribution in [1.29, 1.82) is 0 Å². The molecule has 96 valence electrons. The molecule has 0 saturated heterocycles. The van der Waals surface area contributed by atoms with Crippen molar-refractivity contribution >= 4 is 11.8 Å². The van der Waals surface area contributed by atoms with E-state index in [-0.39, 0.29) is 0 Å². The van der Waals surface area contributed by atoms with E-state index in [4.69, 9.17) is 0 Å². The summed E-state index contributed by atoms with van der Waals surface area (Å²) in [5.41, 5.74) is 0.381. The highest BCUT2D eigenvalue weighted by atomic mass is 32.2. The van der Waals surface area contributed by atoms with Gasteiger partial charge in [0.25, 0.3) is 0 Å². The SMILES string of the molecule is CC(C)NCC(C)(C)CCSc1ccccc1. The lowest BCUT2D eigenvalue weighted by atomic mass is 9.90. The highest BCUT2D eigenvalue weighted by molar-refractivity contribution is 7.99. The van der Waals surface area contributed by atoms with Gasteiger partial charge in [-0.05, 0) is 29.7 Å². The monoisotopic (exact) mass is 251 g/mol. The largest absolute Gasteiger partial charge is 0.314 e. The van der Waals surface area contributed by atoms with Crippen molar-refractivity contribution in [2.24, 2.45) is 5.41 Å². The third-order valence-electron chi connectivity index (χ3n) is 2.78. The van der Waals surface area contributed by atoms with Crippen LogP contribution < -0.4 is 5.32 Å². The molecule has 0 unspecified atom stereocenters. The molecule has 0 aliphatic rings. The van der Waals surface area contributed by atoms with Crippen LogP contribution in [0.3, 0.4) is 0 Å².